The molecule has 2 nitrogen and oxygen atoms in total. The Hall–Kier alpha value is -1.29. The van der Waals surface area contributed by atoms with Crippen molar-refractivity contribution in [2.45, 2.75) is 40.0 Å². The number of carbonyl (C=O) groups is 1. The fraction of sp³-hybridized carbons (Fsp3) is 0.562. The molecule has 0 bridgehead atoms. The summed E-state index contributed by atoms with van der Waals surface area (Å²) < 4.78 is 26.3. The van der Waals surface area contributed by atoms with Gasteiger partial charge in [0, 0.05) is 12.5 Å². The van der Waals surface area contributed by atoms with Crippen LogP contribution in [0, 0.1) is 23.0 Å². The highest BCUT2D eigenvalue weighted by molar-refractivity contribution is 5.96. The minimum atomic E-state index is -0.791. The lowest BCUT2D eigenvalue weighted by Crippen LogP contribution is -2.24. The molecule has 0 saturated carbocycles. The number of rotatable bonds is 6. The molecule has 2 N–H and O–H groups in total. The molecule has 1 aromatic carbocycles. The number of benzene rings is 1. The maximum atomic E-state index is 13.5. The molecule has 20 heavy (non-hydrogen) atoms. The summed E-state index contributed by atoms with van der Waals surface area (Å²) in [4.78, 5) is 12.0. The van der Waals surface area contributed by atoms with Gasteiger partial charge in [-0.15, -0.1) is 0 Å². The van der Waals surface area contributed by atoms with E-state index in [0.717, 1.165) is 18.6 Å². The third kappa shape index (κ3) is 4.67. The molecule has 0 fully saturated rings. The van der Waals surface area contributed by atoms with Gasteiger partial charge in [-0.2, -0.15) is 0 Å². The van der Waals surface area contributed by atoms with Gasteiger partial charge in [-0.3, -0.25) is 4.79 Å². The van der Waals surface area contributed by atoms with Crippen molar-refractivity contribution < 1.29 is 13.6 Å². The third-order valence-corrected chi connectivity index (χ3v) is 3.69. The van der Waals surface area contributed by atoms with Crippen LogP contribution in [0.2, 0.25) is 0 Å². The molecule has 112 valence electrons. The predicted molar refractivity (Wildman–Crippen MR) is 76.5 cm³/mol. The summed E-state index contributed by atoms with van der Waals surface area (Å²) in [5, 5.41) is 0. The zero-order chi connectivity index (χ0) is 15.3. The van der Waals surface area contributed by atoms with Gasteiger partial charge in [-0.25, -0.2) is 8.78 Å². The van der Waals surface area contributed by atoms with Crippen LogP contribution in [0.25, 0.3) is 0 Å². The zero-order valence-electron chi connectivity index (χ0n) is 12.4. The Morgan fingerprint density at radius 1 is 1.25 bits per heavy atom. The monoisotopic (exact) mass is 283 g/mol. The molecule has 1 unspecified atom stereocenters. The first kappa shape index (κ1) is 16.8. The van der Waals surface area contributed by atoms with Crippen LogP contribution in [0.4, 0.5) is 8.78 Å². The quantitative estimate of drug-likeness (QED) is 0.804. The molecule has 1 rings (SSSR count). The topological polar surface area (TPSA) is 43.1 Å². The lowest BCUT2D eigenvalue weighted by molar-refractivity contribution is 0.0954. The standard InChI is InChI=1S/C16H23F2NO/c1-16(2,3)11(8-9-19)4-7-15(20)13-6-5-12(17)10-14(13)18/h5-6,10-11H,4,7-9,19H2,1-3H3. The molecule has 0 aliphatic carbocycles. The molecule has 1 atom stereocenters. The number of nitrogens with two attached hydrogens (primary N) is 1. The first-order valence-corrected chi connectivity index (χ1v) is 6.94. The Morgan fingerprint density at radius 2 is 1.90 bits per heavy atom. The lowest BCUT2D eigenvalue weighted by atomic mass is 9.76. The molecule has 1 aromatic rings. The van der Waals surface area contributed by atoms with Crippen molar-refractivity contribution in [2.75, 3.05) is 6.54 Å². The number of hydrogen-bond acceptors (Lipinski definition) is 2. The van der Waals surface area contributed by atoms with E-state index in [1.165, 1.54) is 6.07 Å². The molecule has 0 heterocycles. The number of hydrogen-bond donors (Lipinski definition) is 1. The Labute approximate surface area is 119 Å². The van der Waals surface area contributed by atoms with Crippen molar-refractivity contribution in [3.05, 3.63) is 35.4 Å². The molecule has 0 saturated heterocycles. The van der Waals surface area contributed by atoms with Crippen molar-refractivity contribution in [1.82, 2.24) is 0 Å². The highest BCUT2D eigenvalue weighted by atomic mass is 19.1. The van der Waals surface area contributed by atoms with Crippen LogP contribution < -0.4 is 5.73 Å². The van der Waals surface area contributed by atoms with Crippen LogP contribution in [0.5, 0.6) is 0 Å². The van der Waals surface area contributed by atoms with Crippen molar-refractivity contribution in [3.63, 3.8) is 0 Å². The van der Waals surface area contributed by atoms with Crippen LogP contribution in [0.1, 0.15) is 50.4 Å². The molecular weight excluding hydrogens is 260 g/mol. The summed E-state index contributed by atoms with van der Waals surface area (Å²) in [6.07, 6.45) is 1.75. The Kier molecular flexibility index (Phi) is 5.81. The molecule has 0 amide bonds. The number of halogens is 2. The first-order valence-electron chi connectivity index (χ1n) is 6.94. The van der Waals surface area contributed by atoms with Gasteiger partial charge >= 0.3 is 0 Å². The Balaban J connectivity index is 2.70. The van der Waals surface area contributed by atoms with E-state index in [9.17, 15) is 13.6 Å². The van der Waals surface area contributed by atoms with Crippen LogP contribution >= 0.6 is 0 Å². The number of Topliss-reactive ketones (excluding diaryl/α,β-unsaturated/α-hetero) is 1. The summed E-state index contributed by atoms with van der Waals surface area (Å²) in [6, 6.07) is 3.06. The highest BCUT2D eigenvalue weighted by Crippen LogP contribution is 2.32. The normalized spacial score (nSPS) is 13.3. The van der Waals surface area contributed by atoms with Crippen molar-refractivity contribution in [2.24, 2.45) is 17.1 Å². The van der Waals surface area contributed by atoms with Crippen LogP contribution in [-0.2, 0) is 0 Å². The van der Waals surface area contributed by atoms with E-state index in [1.807, 2.05) is 0 Å². The summed E-state index contributed by atoms with van der Waals surface area (Å²) in [7, 11) is 0. The van der Waals surface area contributed by atoms with Gasteiger partial charge in [-0.05, 0) is 42.9 Å². The lowest BCUT2D eigenvalue weighted by Gasteiger charge is -2.30. The molecule has 4 heteroatoms. The maximum Gasteiger partial charge on any atom is 0.165 e. The summed E-state index contributed by atoms with van der Waals surface area (Å²) >= 11 is 0. The second kappa shape index (κ2) is 6.93. The SMILES string of the molecule is CC(C)(C)C(CCN)CCC(=O)c1ccc(F)cc1F. The predicted octanol–water partition coefficient (Wildman–Crippen LogP) is 3.94. The fourth-order valence-electron chi connectivity index (χ4n) is 2.37. The van der Waals surface area contributed by atoms with Gasteiger partial charge in [0.05, 0.1) is 5.56 Å². The summed E-state index contributed by atoms with van der Waals surface area (Å²) in [5.41, 5.74) is 5.62. The van der Waals surface area contributed by atoms with E-state index in [-0.39, 0.29) is 23.2 Å². The van der Waals surface area contributed by atoms with E-state index < -0.39 is 11.6 Å². The Bertz CT molecular complexity index is 466. The van der Waals surface area contributed by atoms with Crippen LogP contribution in [0.3, 0.4) is 0 Å². The molecular formula is C16H23F2NO. The van der Waals surface area contributed by atoms with E-state index in [0.29, 0.717) is 18.9 Å². The summed E-state index contributed by atoms with van der Waals surface area (Å²) in [5.74, 6) is -1.44. The Morgan fingerprint density at radius 3 is 2.40 bits per heavy atom. The fourth-order valence-corrected chi connectivity index (χ4v) is 2.37. The second-order valence-corrected chi connectivity index (χ2v) is 6.23. The van der Waals surface area contributed by atoms with Gasteiger partial charge in [-0.1, -0.05) is 20.8 Å². The minimum absolute atomic E-state index is 0.0354. The van der Waals surface area contributed by atoms with Gasteiger partial charge in [0.2, 0.25) is 0 Å². The maximum absolute atomic E-state index is 13.5. The molecule has 0 aliphatic rings. The third-order valence-electron chi connectivity index (χ3n) is 3.69. The average molecular weight is 283 g/mol. The van der Waals surface area contributed by atoms with Crippen molar-refractivity contribution in [1.29, 1.82) is 0 Å². The van der Waals surface area contributed by atoms with Gasteiger partial charge in [0.15, 0.2) is 5.78 Å². The van der Waals surface area contributed by atoms with E-state index in [1.54, 1.807) is 0 Å². The zero-order valence-corrected chi connectivity index (χ0v) is 12.4. The van der Waals surface area contributed by atoms with E-state index in [2.05, 4.69) is 20.8 Å². The van der Waals surface area contributed by atoms with Gasteiger partial charge < -0.3 is 5.73 Å². The molecule has 0 radical (unpaired) electrons. The van der Waals surface area contributed by atoms with E-state index in [4.69, 9.17) is 5.73 Å². The number of ketones is 1. The molecule has 0 aliphatic heterocycles. The molecule has 0 spiro atoms. The summed E-state index contributed by atoms with van der Waals surface area (Å²) in [6.45, 7) is 6.89. The minimum Gasteiger partial charge on any atom is -0.330 e. The van der Waals surface area contributed by atoms with Crippen LogP contribution in [0.15, 0.2) is 18.2 Å². The smallest absolute Gasteiger partial charge is 0.165 e. The van der Waals surface area contributed by atoms with Crippen molar-refractivity contribution in [3.8, 4) is 0 Å². The number of carbonyl (C=O) groups excluding carboxylic acids is 1. The largest absolute Gasteiger partial charge is 0.330 e. The highest BCUT2D eigenvalue weighted by Gasteiger charge is 2.25. The average Bonchev–Trinajstić information content (AvgIpc) is 2.32. The van der Waals surface area contributed by atoms with E-state index >= 15 is 0 Å². The van der Waals surface area contributed by atoms with Gasteiger partial charge in [0.25, 0.3) is 0 Å². The molecule has 0 aromatic heterocycles. The van der Waals surface area contributed by atoms with Crippen molar-refractivity contribution >= 4 is 5.78 Å². The first-order chi connectivity index (χ1) is 9.25. The van der Waals surface area contributed by atoms with Crippen LogP contribution in [-0.4, -0.2) is 12.3 Å². The second-order valence-electron chi connectivity index (χ2n) is 6.23. The van der Waals surface area contributed by atoms with Gasteiger partial charge in [0.1, 0.15) is 11.6 Å².